The first-order valence-electron chi connectivity index (χ1n) is 15.0. The van der Waals surface area contributed by atoms with Crippen LogP contribution in [0.2, 0.25) is 0 Å². The summed E-state index contributed by atoms with van der Waals surface area (Å²) < 4.78 is 5.95. The summed E-state index contributed by atoms with van der Waals surface area (Å²) in [6, 6.07) is 32.3. The van der Waals surface area contributed by atoms with Gasteiger partial charge in [-0.1, -0.05) is 98.8 Å². The third kappa shape index (κ3) is 9.56. The molecule has 228 valence electrons. The zero-order valence-electron chi connectivity index (χ0n) is 25.3. The second-order valence-corrected chi connectivity index (χ2v) is 11.2. The van der Waals surface area contributed by atoms with Gasteiger partial charge in [-0.25, -0.2) is 4.79 Å². The van der Waals surface area contributed by atoms with Crippen molar-refractivity contribution in [3.63, 3.8) is 0 Å². The molecule has 0 aliphatic carbocycles. The summed E-state index contributed by atoms with van der Waals surface area (Å²) in [7, 11) is 0. The number of nitrogens with zero attached hydrogens (tertiary/aromatic N) is 1. The standard InChI is InChI=1S/C37H40N2O5/c1-27(2)24-35(40)39(26-29-12-5-3-6-13-29)22-11-23-44-31-20-18-28(19-21-31)25-34(37(42)43)38-33-17-10-9-16-32(33)36(41)30-14-7-4-8-15-30/h3-10,12-21,27,34,38H,11,22-26H2,1-2H3,(H,42,43). The number of rotatable bonds is 16. The van der Waals surface area contributed by atoms with Gasteiger partial charge in [0.1, 0.15) is 11.8 Å². The number of ketones is 1. The van der Waals surface area contributed by atoms with Crippen molar-refractivity contribution in [3.05, 3.63) is 131 Å². The van der Waals surface area contributed by atoms with Gasteiger partial charge < -0.3 is 20.1 Å². The predicted octanol–water partition coefficient (Wildman–Crippen LogP) is 6.87. The number of hydrogen-bond donors (Lipinski definition) is 2. The van der Waals surface area contributed by atoms with E-state index < -0.39 is 12.0 Å². The minimum absolute atomic E-state index is 0.141. The molecule has 4 aromatic carbocycles. The Labute approximate surface area is 259 Å². The maximum absolute atomic E-state index is 13.1. The molecule has 0 spiro atoms. The predicted molar refractivity (Wildman–Crippen MR) is 173 cm³/mol. The number of carboxylic acid groups (broad SMARTS) is 1. The number of nitrogens with one attached hydrogen (secondary N) is 1. The van der Waals surface area contributed by atoms with Crippen molar-refractivity contribution >= 4 is 23.3 Å². The molecule has 1 amide bonds. The molecule has 1 atom stereocenters. The Bertz CT molecular complexity index is 1500. The maximum Gasteiger partial charge on any atom is 0.326 e. The van der Waals surface area contributed by atoms with E-state index in [0.29, 0.717) is 55.1 Å². The fraction of sp³-hybridized carbons (Fsp3) is 0.270. The highest BCUT2D eigenvalue weighted by molar-refractivity contribution is 6.12. The number of amides is 1. The minimum atomic E-state index is -1.01. The highest BCUT2D eigenvalue weighted by Gasteiger charge is 2.21. The molecular weight excluding hydrogens is 552 g/mol. The monoisotopic (exact) mass is 592 g/mol. The molecule has 0 aromatic heterocycles. The zero-order chi connectivity index (χ0) is 31.3. The van der Waals surface area contributed by atoms with Crippen LogP contribution in [0.25, 0.3) is 0 Å². The molecule has 0 heterocycles. The van der Waals surface area contributed by atoms with E-state index in [2.05, 4.69) is 5.32 Å². The van der Waals surface area contributed by atoms with Gasteiger partial charge in [-0.15, -0.1) is 0 Å². The first-order chi connectivity index (χ1) is 21.3. The Morgan fingerprint density at radius 3 is 2.09 bits per heavy atom. The third-order valence-corrected chi connectivity index (χ3v) is 7.19. The van der Waals surface area contributed by atoms with Gasteiger partial charge in [0, 0.05) is 42.7 Å². The number of carbonyl (C=O) groups is 3. The molecule has 0 aliphatic heterocycles. The summed E-state index contributed by atoms with van der Waals surface area (Å²) in [5, 5.41) is 13.0. The number of aliphatic carboxylic acids is 1. The van der Waals surface area contributed by atoms with Gasteiger partial charge in [0.25, 0.3) is 0 Å². The van der Waals surface area contributed by atoms with Crippen LogP contribution >= 0.6 is 0 Å². The lowest BCUT2D eigenvalue weighted by molar-refractivity contribution is -0.138. The molecule has 2 N–H and O–H groups in total. The number of benzene rings is 4. The molecule has 0 radical (unpaired) electrons. The number of para-hydroxylation sites is 1. The Kier molecular flexibility index (Phi) is 11.7. The van der Waals surface area contributed by atoms with Gasteiger partial charge in [-0.05, 0) is 47.7 Å². The lowest BCUT2D eigenvalue weighted by atomic mass is 10.00. The summed E-state index contributed by atoms with van der Waals surface area (Å²) in [4.78, 5) is 40.0. The fourth-order valence-electron chi connectivity index (χ4n) is 4.92. The lowest BCUT2D eigenvalue weighted by Crippen LogP contribution is -2.33. The van der Waals surface area contributed by atoms with Gasteiger partial charge in [0.05, 0.1) is 6.61 Å². The van der Waals surface area contributed by atoms with Crippen LogP contribution in [0.15, 0.2) is 109 Å². The molecule has 0 aliphatic rings. The average molecular weight is 593 g/mol. The van der Waals surface area contributed by atoms with Crippen molar-refractivity contribution in [2.45, 2.75) is 45.7 Å². The number of ether oxygens (including phenoxy) is 1. The van der Waals surface area contributed by atoms with Gasteiger partial charge in [-0.2, -0.15) is 0 Å². The van der Waals surface area contributed by atoms with Crippen LogP contribution in [0, 0.1) is 5.92 Å². The summed E-state index contributed by atoms with van der Waals surface area (Å²) in [5.41, 5.74) is 3.35. The largest absolute Gasteiger partial charge is 0.494 e. The Morgan fingerprint density at radius 2 is 1.43 bits per heavy atom. The van der Waals surface area contributed by atoms with Crippen molar-refractivity contribution in [2.24, 2.45) is 5.92 Å². The highest BCUT2D eigenvalue weighted by Crippen LogP contribution is 2.22. The average Bonchev–Trinajstić information content (AvgIpc) is 3.03. The Balaban J connectivity index is 1.32. The summed E-state index contributed by atoms with van der Waals surface area (Å²) >= 11 is 0. The maximum atomic E-state index is 13.1. The Hall–Kier alpha value is -4.91. The SMILES string of the molecule is CC(C)CC(=O)N(CCCOc1ccc(CC(Nc2ccccc2C(=O)c2ccccc2)C(=O)O)cc1)Cc1ccccc1. The van der Waals surface area contributed by atoms with Crippen LogP contribution in [0.1, 0.15) is 53.7 Å². The van der Waals surface area contributed by atoms with E-state index in [0.717, 1.165) is 11.1 Å². The van der Waals surface area contributed by atoms with Crippen molar-refractivity contribution in [2.75, 3.05) is 18.5 Å². The van der Waals surface area contributed by atoms with Gasteiger partial charge in [-0.3, -0.25) is 9.59 Å². The molecule has 4 rings (SSSR count). The molecule has 4 aromatic rings. The van der Waals surface area contributed by atoms with Gasteiger partial charge in [0.2, 0.25) is 5.91 Å². The topological polar surface area (TPSA) is 95.9 Å². The number of carboxylic acids is 1. The normalized spacial score (nSPS) is 11.5. The quantitative estimate of drug-likeness (QED) is 0.109. The van der Waals surface area contributed by atoms with E-state index in [9.17, 15) is 19.5 Å². The van der Waals surface area contributed by atoms with E-state index >= 15 is 0 Å². The molecule has 0 saturated heterocycles. The molecule has 0 bridgehead atoms. The van der Waals surface area contributed by atoms with Gasteiger partial charge >= 0.3 is 5.97 Å². The van der Waals surface area contributed by atoms with Crippen molar-refractivity contribution < 1.29 is 24.2 Å². The van der Waals surface area contributed by atoms with Crippen LogP contribution in [0.5, 0.6) is 5.75 Å². The molecule has 7 nitrogen and oxygen atoms in total. The van der Waals surface area contributed by atoms with Gasteiger partial charge in [0.15, 0.2) is 5.78 Å². The van der Waals surface area contributed by atoms with E-state index in [1.165, 1.54) is 0 Å². The highest BCUT2D eigenvalue weighted by atomic mass is 16.5. The summed E-state index contributed by atoms with van der Waals surface area (Å²) in [6.45, 7) is 5.71. The van der Waals surface area contributed by atoms with E-state index in [-0.39, 0.29) is 24.0 Å². The number of carbonyl (C=O) groups excluding carboxylic acids is 2. The van der Waals surface area contributed by atoms with Crippen molar-refractivity contribution in [1.82, 2.24) is 4.90 Å². The minimum Gasteiger partial charge on any atom is -0.494 e. The second kappa shape index (κ2) is 16.1. The van der Waals surface area contributed by atoms with E-state index in [1.807, 2.05) is 79.4 Å². The number of anilines is 1. The van der Waals surface area contributed by atoms with Crippen LogP contribution in [-0.4, -0.2) is 46.9 Å². The molecule has 7 heteroatoms. The molecule has 0 saturated carbocycles. The second-order valence-electron chi connectivity index (χ2n) is 11.2. The Morgan fingerprint density at radius 1 is 0.795 bits per heavy atom. The van der Waals surface area contributed by atoms with Crippen LogP contribution in [0.4, 0.5) is 5.69 Å². The first kappa shape index (κ1) is 32.0. The van der Waals surface area contributed by atoms with Crippen molar-refractivity contribution in [3.8, 4) is 5.75 Å². The molecule has 1 unspecified atom stereocenters. The smallest absolute Gasteiger partial charge is 0.326 e. The molecular formula is C37H40N2O5. The number of hydrogen-bond acceptors (Lipinski definition) is 5. The summed E-state index contributed by atoms with van der Waals surface area (Å²) in [6.07, 6.45) is 1.41. The summed E-state index contributed by atoms with van der Waals surface area (Å²) in [5.74, 6) is -0.0819. The molecule has 44 heavy (non-hydrogen) atoms. The fourth-order valence-corrected chi connectivity index (χ4v) is 4.92. The van der Waals surface area contributed by atoms with Crippen LogP contribution < -0.4 is 10.1 Å². The lowest BCUT2D eigenvalue weighted by Gasteiger charge is -2.24. The van der Waals surface area contributed by atoms with Crippen LogP contribution in [-0.2, 0) is 22.6 Å². The van der Waals surface area contributed by atoms with E-state index in [1.54, 1.807) is 48.5 Å². The zero-order valence-corrected chi connectivity index (χ0v) is 25.3. The van der Waals surface area contributed by atoms with Crippen molar-refractivity contribution in [1.29, 1.82) is 0 Å². The first-order valence-corrected chi connectivity index (χ1v) is 15.0. The van der Waals surface area contributed by atoms with E-state index in [4.69, 9.17) is 4.74 Å². The van der Waals surface area contributed by atoms with Crippen LogP contribution in [0.3, 0.4) is 0 Å². The molecule has 0 fully saturated rings. The third-order valence-electron chi connectivity index (χ3n) is 7.19.